The summed E-state index contributed by atoms with van der Waals surface area (Å²) in [7, 11) is 1.25. The molecule has 114 valence electrons. The maximum atomic E-state index is 13.7. The van der Waals surface area contributed by atoms with E-state index in [9.17, 15) is 19.3 Å². The molecule has 0 saturated heterocycles. The Balaban J connectivity index is 2.07. The van der Waals surface area contributed by atoms with Crippen LogP contribution in [-0.2, 0) is 9.53 Å². The summed E-state index contributed by atoms with van der Waals surface area (Å²) < 4.78 is 23.8. The van der Waals surface area contributed by atoms with E-state index < -0.39 is 28.4 Å². The Morgan fingerprint density at radius 3 is 2.86 bits per heavy atom. The van der Waals surface area contributed by atoms with Gasteiger partial charge in [0.05, 0.1) is 18.1 Å². The van der Waals surface area contributed by atoms with Crippen molar-refractivity contribution in [1.82, 2.24) is 0 Å². The van der Waals surface area contributed by atoms with Crippen molar-refractivity contribution in [2.24, 2.45) is 5.73 Å². The van der Waals surface area contributed by atoms with Crippen LogP contribution in [0.25, 0.3) is 0 Å². The number of nitro groups is 1. The molecule has 1 aromatic carbocycles. The highest BCUT2D eigenvalue weighted by atomic mass is 19.1. The predicted octanol–water partition coefficient (Wildman–Crippen LogP) is 1.54. The van der Waals surface area contributed by atoms with Crippen LogP contribution in [0.4, 0.5) is 10.1 Å². The number of benzene rings is 1. The van der Waals surface area contributed by atoms with E-state index in [1.165, 1.54) is 13.2 Å². The molecule has 8 heteroatoms. The number of nitrogens with two attached hydrogens (primary N) is 1. The summed E-state index contributed by atoms with van der Waals surface area (Å²) in [5.41, 5.74) is 4.44. The number of non-ortho nitro benzene ring substituents is 1. The largest absolute Gasteiger partial charge is 0.487 e. The monoisotopic (exact) mass is 298 g/mol. The van der Waals surface area contributed by atoms with E-state index in [-0.39, 0.29) is 17.9 Å². The van der Waals surface area contributed by atoms with Gasteiger partial charge in [0.2, 0.25) is 0 Å². The Morgan fingerprint density at radius 1 is 1.57 bits per heavy atom. The van der Waals surface area contributed by atoms with Crippen LogP contribution >= 0.6 is 0 Å². The molecule has 2 rings (SSSR count). The van der Waals surface area contributed by atoms with Crippen LogP contribution in [0, 0.1) is 15.9 Å². The van der Waals surface area contributed by atoms with Gasteiger partial charge in [-0.25, -0.2) is 4.39 Å². The van der Waals surface area contributed by atoms with E-state index in [2.05, 4.69) is 4.74 Å². The first-order chi connectivity index (χ1) is 9.85. The van der Waals surface area contributed by atoms with Crippen LogP contribution in [0.1, 0.15) is 19.3 Å². The Morgan fingerprint density at radius 2 is 2.29 bits per heavy atom. The van der Waals surface area contributed by atoms with Gasteiger partial charge in [-0.2, -0.15) is 0 Å². The van der Waals surface area contributed by atoms with Crippen molar-refractivity contribution in [3.63, 3.8) is 0 Å². The average molecular weight is 298 g/mol. The van der Waals surface area contributed by atoms with E-state index in [0.29, 0.717) is 12.8 Å². The molecular weight excluding hydrogens is 283 g/mol. The van der Waals surface area contributed by atoms with Gasteiger partial charge in [-0.05, 0) is 18.9 Å². The number of nitro benzene ring substituents is 1. The number of halogens is 1. The standard InChI is InChI=1S/C13H15FN2O5/c1-20-12(17)13(15)5-4-9(7-13)21-11-3-2-8(16(18)19)6-10(11)14/h2-3,6,9H,4-5,7,15H2,1H3. The van der Waals surface area contributed by atoms with E-state index in [4.69, 9.17) is 10.5 Å². The molecule has 1 aliphatic rings. The molecule has 1 aromatic rings. The summed E-state index contributed by atoms with van der Waals surface area (Å²) in [6.45, 7) is 0. The highest BCUT2D eigenvalue weighted by Crippen LogP contribution is 2.33. The number of nitrogens with zero attached hydrogens (tertiary/aromatic N) is 1. The van der Waals surface area contributed by atoms with Crippen LogP contribution < -0.4 is 10.5 Å². The number of hydrogen-bond donors (Lipinski definition) is 1. The van der Waals surface area contributed by atoms with Crippen molar-refractivity contribution in [2.45, 2.75) is 30.9 Å². The molecule has 0 bridgehead atoms. The predicted molar refractivity (Wildman–Crippen MR) is 70.3 cm³/mol. The minimum Gasteiger partial charge on any atom is -0.487 e. The number of rotatable bonds is 4. The van der Waals surface area contributed by atoms with Gasteiger partial charge in [-0.1, -0.05) is 0 Å². The quantitative estimate of drug-likeness (QED) is 0.513. The van der Waals surface area contributed by atoms with Gasteiger partial charge >= 0.3 is 5.97 Å². The van der Waals surface area contributed by atoms with E-state index in [1.807, 2.05) is 0 Å². The number of hydrogen-bond acceptors (Lipinski definition) is 6. The average Bonchev–Trinajstić information content (AvgIpc) is 2.82. The van der Waals surface area contributed by atoms with Crippen LogP contribution in [-0.4, -0.2) is 29.6 Å². The fourth-order valence-corrected chi connectivity index (χ4v) is 2.40. The van der Waals surface area contributed by atoms with Gasteiger partial charge in [0.25, 0.3) is 5.69 Å². The molecule has 0 heterocycles. The third kappa shape index (κ3) is 3.10. The SMILES string of the molecule is COC(=O)C1(N)CCC(Oc2ccc([N+](=O)[O-])cc2F)C1. The van der Waals surface area contributed by atoms with Crippen LogP contribution in [0.5, 0.6) is 5.75 Å². The third-order valence-corrected chi connectivity index (χ3v) is 3.52. The highest BCUT2D eigenvalue weighted by Gasteiger charge is 2.44. The number of carbonyl (C=O) groups is 1. The fraction of sp³-hybridized carbons (Fsp3) is 0.462. The molecule has 21 heavy (non-hydrogen) atoms. The molecule has 2 unspecified atom stereocenters. The second-order valence-electron chi connectivity index (χ2n) is 5.00. The third-order valence-electron chi connectivity index (χ3n) is 3.52. The molecule has 0 spiro atoms. The van der Waals surface area contributed by atoms with E-state index in [0.717, 1.165) is 12.1 Å². The molecule has 0 aromatic heterocycles. The lowest BCUT2D eigenvalue weighted by Gasteiger charge is -2.20. The van der Waals surface area contributed by atoms with Gasteiger partial charge in [-0.15, -0.1) is 0 Å². The minimum atomic E-state index is -1.13. The summed E-state index contributed by atoms with van der Waals surface area (Å²) in [4.78, 5) is 21.4. The fourth-order valence-electron chi connectivity index (χ4n) is 2.40. The van der Waals surface area contributed by atoms with Crippen LogP contribution in [0.2, 0.25) is 0 Å². The lowest BCUT2D eigenvalue weighted by molar-refractivity contribution is -0.385. The van der Waals surface area contributed by atoms with Crippen molar-refractivity contribution in [3.05, 3.63) is 34.1 Å². The maximum Gasteiger partial charge on any atom is 0.325 e. The molecule has 1 saturated carbocycles. The first-order valence-electron chi connectivity index (χ1n) is 6.33. The lowest BCUT2D eigenvalue weighted by Crippen LogP contribution is -2.47. The molecule has 0 amide bonds. The first kappa shape index (κ1) is 15.2. The van der Waals surface area contributed by atoms with Crippen molar-refractivity contribution in [2.75, 3.05) is 7.11 Å². The first-order valence-corrected chi connectivity index (χ1v) is 6.33. The van der Waals surface area contributed by atoms with Crippen LogP contribution in [0.3, 0.4) is 0 Å². The molecule has 0 radical (unpaired) electrons. The van der Waals surface area contributed by atoms with E-state index >= 15 is 0 Å². The molecule has 1 fully saturated rings. The highest BCUT2D eigenvalue weighted by molar-refractivity contribution is 5.80. The summed E-state index contributed by atoms with van der Waals surface area (Å²) in [5.74, 6) is -1.45. The number of ether oxygens (including phenoxy) is 2. The molecule has 0 aliphatic heterocycles. The minimum absolute atomic E-state index is 0.0975. The molecule has 2 atom stereocenters. The lowest BCUT2D eigenvalue weighted by atomic mass is 10.00. The van der Waals surface area contributed by atoms with Gasteiger partial charge in [0.15, 0.2) is 11.6 Å². The second-order valence-corrected chi connectivity index (χ2v) is 5.00. The number of carbonyl (C=O) groups excluding carboxylic acids is 1. The summed E-state index contributed by atoms with van der Waals surface area (Å²) in [6, 6.07) is 3.14. The smallest absolute Gasteiger partial charge is 0.325 e. The zero-order valence-corrected chi connectivity index (χ0v) is 11.4. The number of methoxy groups -OCH3 is 1. The second kappa shape index (κ2) is 5.65. The van der Waals surface area contributed by atoms with Crippen molar-refractivity contribution < 1.29 is 23.6 Å². The summed E-state index contributed by atoms with van der Waals surface area (Å²) >= 11 is 0. The summed E-state index contributed by atoms with van der Waals surface area (Å²) in [6.07, 6.45) is 0.613. The van der Waals surface area contributed by atoms with Crippen LogP contribution in [0.15, 0.2) is 18.2 Å². The summed E-state index contributed by atoms with van der Waals surface area (Å²) in [5, 5.41) is 10.5. The van der Waals surface area contributed by atoms with Gasteiger partial charge < -0.3 is 15.2 Å². The van der Waals surface area contributed by atoms with Gasteiger partial charge in [0, 0.05) is 12.5 Å². The Bertz CT molecular complexity index is 580. The van der Waals surface area contributed by atoms with Crippen molar-refractivity contribution in [1.29, 1.82) is 0 Å². The van der Waals surface area contributed by atoms with Crippen molar-refractivity contribution >= 4 is 11.7 Å². The zero-order chi connectivity index (χ0) is 15.6. The van der Waals surface area contributed by atoms with Gasteiger partial charge in [0.1, 0.15) is 11.6 Å². The number of esters is 1. The molecule has 2 N–H and O–H groups in total. The molecular formula is C13H15FN2O5. The van der Waals surface area contributed by atoms with E-state index in [1.54, 1.807) is 0 Å². The van der Waals surface area contributed by atoms with Crippen molar-refractivity contribution in [3.8, 4) is 5.75 Å². The Labute approximate surface area is 120 Å². The molecule has 1 aliphatic carbocycles. The van der Waals surface area contributed by atoms with Gasteiger partial charge in [-0.3, -0.25) is 14.9 Å². The topological polar surface area (TPSA) is 105 Å². The Kier molecular flexibility index (Phi) is 4.08. The maximum absolute atomic E-state index is 13.7. The molecule has 7 nitrogen and oxygen atoms in total. The zero-order valence-electron chi connectivity index (χ0n) is 11.4. The Hall–Kier alpha value is -2.22. The normalized spacial score (nSPS) is 24.6.